The maximum atomic E-state index is 12.9. The zero-order chi connectivity index (χ0) is 23.3. The molecule has 3 amide bonds. The largest absolute Gasteiger partial charge is 0.452 e. The van der Waals surface area contributed by atoms with Crippen LogP contribution in [0.5, 0.6) is 0 Å². The molecule has 1 saturated heterocycles. The summed E-state index contributed by atoms with van der Waals surface area (Å²) in [5.74, 6) is -1.72. The number of allylic oxidation sites excluding steroid dienone is 2. The molecule has 5 rings (SSSR count). The minimum absolute atomic E-state index is 0.142. The Morgan fingerprint density at radius 1 is 1.03 bits per heavy atom. The normalized spacial score (nSPS) is 24.8. The minimum Gasteiger partial charge on any atom is -0.452 e. The highest BCUT2D eigenvalue weighted by molar-refractivity contribution is 9.10. The fourth-order valence-electron chi connectivity index (χ4n) is 5.04. The third-order valence-corrected chi connectivity index (χ3v) is 7.50. The van der Waals surface area contributed by atoms with Crippen LogP contribution in [-0.2, 0) is 19.1 Å². The average molecular weight is 509 g/mol. The molecule has 2 aromatic carbocycles. The number of anilines is 2. The van der Waals surface area contributed by atoms with E-state index in [0.29, 0.717) is 11.4 Å². The van der Waals surface area contributed by atoms with Gasteiger partial charge in [-0.1, -0.05) is 28.1 Å². The van der Waals surface area contributed by atoms with Gasteiger partial charge < -0.3 is 10.1 Å². The van der Waals surface area contributed by atoms with E-state index in [1.807, 2.05) is 25.1 Å². The first-order valence-electron chi connectivity index (χ1n) is 10.7. The van der Waals surface area contributed by atoms with Crippen molar-refractivity contribution in [3.8, 4) is 0 Å². The highest BCUT2D eigenvalue weighted by Gasteiger charge is 2.59. The molecule has 1 aliphatic heterocycles. The van der Waals surface area contributed by atoms with Crippen LogP contribution in [0.4, 0.5) is 11.4 Å². The fraction of sp³-hybridized carbons (Fsp3) is 0.280. The van der Waals surface area contributed by atoms with Crippen molar-refractivity contribution >= 4 is 51.0 Å². The zero-order valence-electron chi connectivity index (χ0n) is 17.8. The molecule has 0 unspecified atom stereocenters. The van der Waals surface area contributed by atoms with E-state index in [1.54, 1.807) is 24.3 Å². The molecular weight excluding hydrogens is 488 g/mol. The summed E-state index contributed by atoms with van der Waals surface area (Å²) in [7, 11) is 0. The quantitative estimate of drug-likeness (QED) is 0.376. The van der Waals surface area contributed by atoms with Gasteiger partial charge in [0.2, 0.25) is 11.8 Å². The molecule has 0 aromatic heterocycles. The van der Waals surface area contributed by atoms with Crippen LogP contribution in [0, 0.1) is 30.6 Å². The number of esters is 1. The SMILES string of the molecule is Cc1cc(NC(=O)COC(=O)c2ccc(N3C(=O)[C@H]4[C@H](C3=O)[C@H]3C=C[C@H]4C3)cc2)ccc1Br. The third kappa shape index (κ3) is 3.78. The van der Waals surface area contributed by atoms with Crippen molar-refractivity contribution in [1.82, 2.24) is 0 Å². The Labute approximate surface area is 198 Å². The highest BCUT2D eigenvalue weighted by Crippen LogP contribution is 2.53. The van der Waals surface area contributed by atoms with Crippen LogP contribution in [0.2, 0.25) is 0 Å². The van der Waals surface area contributed by atoms with E-state index in [0.717, 1.165) is 16.5 Å². The summed E-state index contributed by atoms with van der Waals surface area (Å²) in [6.07, 6.45) is 4.97. The second-order valence-corrected chi connectivity index (χ2v) is 9.50. The lowest BCUT2D eigenvalue weighted by molar-refractivity contribution is -0.123. The molecular formula is C25H21BrN2O5. The number of benzene rings is 2. The number of nitrogens with zero attached hydrogens (tertiary/aromatic N) is 1. The van der Waals surface area contributed by atoms with Crippen LogP contribution < -0.4 is 10.2 Å². The predicted molar refractivity (Wildman–Crippen MR) is 124 cm³/mol. The van der Waals surface area contributed by atoms with Crippen molar-refractivity contribution in [2.24, 2.45) is 23.7 Å². The van der Waals surface area contributed by atoms with Crippen molar-refractivity contribution in [2.45, 2.75) is 13.3 Å². The van der Waals surface area contributed by atoms with Crippen LogP contribution in [0.1, 0.15) is 22.3 Å². The average Bonchev–Trinajstić information content (AvgIpc) is 3.48. The van der Waals surface area contributed by atoms with E-state index in [1.165, 1.54) is 17.0 Å². The third-order valence-electron chi connectivity index (χ3n) is 6.61. The van der Waals surface area contributed by atoms with E-state index in [9.17, 15) is 19.2 Å². The molecule has 7 nitrogen and oxygen atoms in total. The molecule has 1 N–H and O–H groups in total. The van der Waals surface area contributed by atoms with Gasteiger partial charge in [0.25, 0.3) is 5.91 Å². The molecule has 2 aromatic rings. The molecule has 33 heavy (non-hydrogen) atoms. The smallest absolute Gasteiger partial charge is 0.338 e. The molecule has 2 aliphatic carbocycles. The van der Waals surface area contributed by atoms with Gasteiger partial charge in [0, 0.05) is 10.2 Å². The van der Waals surface area contributed by atoms with Crippen molar-refractivity contribution in [1.29, 1.82) is 0 Å². The van der Waals surface area contributed by atoms with E-state index in [-0.39, 0.29) is 41.0 Å². The Morgan fingerprint density at radius 2 is 1.67 bits per heavy atom. The second-order valence-electron chi connectivity index (χ2n) is 8.65. The minimum atomic E-state index is -0.665. The number of nitrogens with one attached hydrogen (secondary N) is 1. The summed E-state index contributed by atoms with van der Waals surface area (Å²) >= 11 is 3.40. The summed E-state index contributed by atoms with van der Waals surface area (Å²) in [6.45, 7) is 1.47. The number of hydrogen-bond acceptors (Lipinski definition) is 5. The first-order chi connectivity index (χ1) is 15.8. The Balaban J connectivity index is 1.20. The number of aryl methyl sites for hydroxylation is 1. The van der Waals surface area contributed by atoms with Crippen LogP contribution in [0.25, 0.3) is 0 Å². The van der Waals surface area contributed by atoms with Crippen molar-refractivity contribution < 1.29 is 23.9 Å². The van der Waals surface area contributed by atoms with Gasteiger partial charge in [0.05, 0.1) is 23.1 Å². The van der Waals surface area contributed by atoms with Crippen LogP contribution in [0.3, 0.4) is 0 Å². The number of fused-ring (bicyclic) bond motifs is 5. The molecule has 4 atom stereocenters. The van der Waals surface area contributed by atoms with Gasteiger partial charge in [-0.2, -0.15) is 0 Å². The summed E-state index contributed by atoms with van der Waals surface area (Å²) in [5, 5.41) is 2.68. The number of imide groups is 1. The summed E-state index contributed by atoms with van der Waals surface area (Å²) in [4.78, 5) is 51.5. The molecule has 168 valence electrons. The number of halogens is 1. The molecule has 1 heterocycles. The predicted octanol–water partition coefficient (Wildman–Crippen LogP) is 3.86. The summed E-state index contributed by atoms with van der Waals surface area (Å²) in [5.41, 5.74) is 2.24. The molecule has 0 spiro atoms. The maximum Gasteiger partial charge on any atom is 0.338 e. The standard InChI is InChI=1S/C25H21BrN2O5/c1-13-10-17(6-9-19(13)26)27-20(29)12-33-25(32)14-4-7-18(8-5-14)28-23(30)21-15-2-3-16(11-15)22(21)24(28)31/h2-10,15-16,21-22H,11-12H2,1H3,(H,27,29)/t15-,16-,21+,22+/m0/s1. The fourth-order valence-corrected chi connectivity index (χ4v) is 5.28. The van der Waals surface area contributed by atoms with E-state index >= 15 is 0 Å². The molecule has 3 aliphatic rings. The molecule has 2 bridgehead atoms. The summed E-state index contributed by atoms with van der Waals surface area (Å²) < 4.78 is 6.04. The number of carbonyl (C=O) groups excluding carboxylic acids is 4. The number of carbonyl (C=O) groups is 4. The first kappa shape index (κ1) is 21.6. The molecule has 2 fully saturated rings. The topological polar surface area (TPSA) is 92.8 Å². The number of amides is 3. The van der Waals surface area contributed by atoms with E-state index in [4.69, 9.17) is 4.74 Å². The van der Waals surface area contributed by atoms with Gasteiger partial charge in [-0.05, 0) is 73.2 Å². The lowest BCUT2D eigenvalue weighted by Crippen LogP contribution is -2.32. The van der Waals surface area contributed by atoms with Gasteiger partial charge in [-0.25, -0.2) is 4.79 Å². The van der Waals surface area contributed by atoms with Crippen molar-refractivity contribution in [3.63, 3.8) is 0 Å². The number of ether oxygens (including phenoxy) is 1. The van der Waals surface area contributed by atoms with Crippen LogP contribution in [-0.4, -0.2) is 30.3 Å². The van der Waals surface area contributed by atoms with Gasteiger partial charge in [0.1, 0.15) is 0 Å². The highest BCUT2D eigenvalue weighted by atomic mass is 79.9. The molecule has 8 heteroatoms. The Morgan fingerprint density at radius 3 is 2.27 bits per heavy atom. The Kier molecular flexibility index (Phi) is 5.40. The Hall–Kier alpha value is -3.26. The van der Waals surface area contributed by atoms with E-state index < -0.39 is 18.5 Å². The van der Waals surface area contributed by atoms with Crippen LogP contribution in [0.15, 0.2) is 59.1 Å². The maximum absolute atomic E-state index is 12.9. The second kappa shape index (κ2) is 8.26. The zero-order valence-corrected chi connectivity index (χ0v) is 19.4. The number of rotatable bonds is 5. The number of hydrogen-bond donors (Lipinski definition) is 1. The van der Waals surface area contributed by atoms with Gasteiger partial charge in [-0.3, -0.25) is 19.3 Å². The molecule has 1 saturated carbocycles. The van der Waals surface area contributed by atoms with Crippen LogP contribution >= 0.6 is 15.9 Å². The summed E-state index contributed by atoms with van der Waals surface area (Å²) in [6, 6.07) is 11.5. The first-order valence-corrected chi connectivity index (χ1v) is 11.5. The van der Waals surface area contributed by atoms with Gasteiger partial charge >= 0.3 is 5.97 Å². The monoisotopic (exact) mass is 508 g/mol. The van der Waals surface area contributed by atoms with Gasteiger partial charge in [0.15, 0.2) is 6.61 Å². The van der Waals surface area contributed by atoms with Crippen molar-refractivity contribution in [3.05, 3.63) is 70.2 Å². The van der Waals surface area contributed by atoms with Crippen molar-refractivity contribution in [2.75, 3.05) is 16.8 Å². The van der Waals surface area contributed by atoms with Gasteiger partial charge in [-0.15, -0.1) is 0 Å². The lowest BCUT2D eigenvalue weighted by Gasteiger charge is -2.17. The lowest BCUT2D eigenvalue weighted by atomic mass is 9.85. The Bertz CT molecular complexity index is 1180. The van der Waals surface area contributed by atoms with E-state index in [2.05, 4.69) is 21.2 Å². The molecule has 0 radical (unpaired) electrons.